The molecule has 1 rings (SSSR count). The van der Waals surface area contributed by atoms with Crippen molar-refractivity contribution < 1.29 is 4.79 Å². The summed E-state index contributed by atoms with van der Waals surface area (Å²) in [5.41, 5.74) is -0.721. The summed E-state index contributed by atoms with van der Waals surface area (Å²) in [6.07, 6.45) is 1.23. The van der Waals surface area contributed by atoms with Gasteiger partial charge in [0, 0.05) is 0 Å². The maximum atomic E-state index is 11.8. The lowest BCUT2D eigenvalue weighted by Crippen LogP contribution is -2.48. The minimum Gasteiger partial charge on any atom is -0.308 e. The highest BCUT2D eigenvalue weighted by Crippen LogP contribution is 2.25. The highest BCUT2D eigenvalue weighted by atomic mass is 35.5. The molecular weight excluding hydrogens is 251 g/mol. The second-order valence-electron chi connectivity index (χ2n) is 3.66. The molecule has 0 fully saturated rings. The fourth-order valence-corrected chi connectivity index (χ4v) is 1.09. The molecule has 7 heteroatoms. The van der Waals surface area contributed by atoms with Crippen molar-refractivity contribution >= 4 is 34.9 Å². The Kier molecular flexibility index (Phi) is 4.07. The Morgan fingerprint density at radius 1 is 1.38 bits per heavy atom. The van der Waals surface area contributed by atoms with E-state index in [1.54, 1.807) is 20.9 Å². The molecule has 88 valence electrons. The summed E-state index contributed by atoms with van der Waals surface area (Å²) in [4.78, 5) is 19.3. The molecule has 0 aliphatic carbocycles. The molecule has 0 saturated heterocycles. The predicted molar refractivity (Wildman–Crippen MR) is 63.8 cm³/mol. The lowest BCUT2D eigenvalue weighted by Gasteiger charge is -2.22. The van der Waals surface area contributed by atoms with E-state index in [4.69, 9.17) is 23.2 Å². The summed E-state index contributed by atoms with van der Waals surface area (Å²) in [5, 5.41) is 5.67. The number of rotatable bonds is 3. The van der Waals surface area contributed by atoms with Gasteiger partial charge in [-0.1, -0.05) is 23.2 Å². The number of nitrogens with zero attached hydrogens (tertiary/aromatic N) is 2. The molecule has 0 atom stereocenters. The average molecular weight is 263 g/mol. The third kappa shape index (κ3) is 2.81. The summed E-state index contributed by atoms with van der Waals surface area (Å²) in [5.74, 6) is -0.0540. The second kappa shape index (κ2) is 4.95. The van der Waals surface area contributed by atoms with Crippen LogP contribution in [0.3, 0.4) is 0 Å². The molecule has 0 radical (unpaired) electrons. The quantitative estimate of drug-likeness (QED) is 0.815. The Bertz CT molecular complexity index is 408. The predicted octanol–water partition coefficient (Wildman–Crippen LogP) is 1.72. The van der Waals surface area contributed by atoms with Gasteiger partial charge in [0.05, 0.1) is 5.54 Å². The molecule has 2 N–H and O–H groups in total. The van der Waals surface area contributed by atoms with Gasteiger partial charge in [-0.15, -0.1) is 0 Å². The van der Waals surface area contributed by atoms with Gasteiger partial charge in [0.1, 0.15) is 11.3 Å². The van der Waals surface area contributed by atoms with E-state index in [1.165, 1.54) is 6.33 Å². The Balaban J connectivity index is 2.90. The number of carbonyl (C=O) groups is 1. The van der Waals surface area contributed by atoms with Crippen molar-refractivity contribution in [3.8, 4) is 0 Å². The van der Waals surface area contributed by atoms with Crippen LogP contribution in [0.15, 0.2) is 6.33 Å². The van der Waals surface area contributed by atoms with E-state index in [0.717, 1.165) is 0 Å². The monoisotopic (exact) mass is 262 g/mol. The molecule has 16 heavy (non-hydrogen) atoms. The van der Waals surface area contributed by atoms with Crippen LogP contribution in [0, 0.1) is 0 Å². The maximum Gasteiger partial charge on any atom is 0.245 e. The molecule has 0 aliphatic rings. The van der Waals surface area contributed by atoms with Gasteiger partial charge in [-0.2, -0.15) is 0 Å². The molecule has 0 aliphatic heterocycles. The number of aromatic nitrogens is 2. The molecule has 1 amide bonds. The van der Waals surface area contributed by atoms with Gasteiger partial charge in [0.25, 0.3) is 0 Å². The highest BCUT2D eigenvalue weighted by Gasteiger charge is 2.26. The van der Waals surface area contributed by atoms with Crippen LogP contribution in [-0.2, 0) is 4.79 Å². The molecule has 0 bridgehead atoms. The van der Waals surface area contributed by atoms with Crippen molar-refractivity contribution in [1.82, 2.24) is 15.3 Å². The third-order valence-corrected chi connectivity index (χ3v) is 2.91. The largest absolute Gasteiger partial charge is 0.308 e. The van der Waals surface area contributed by atoms with Gasteiger partial charge in [0.15, 0.2) is 11.0 Å². The lowest BCUT2D eigenvalue weighted by atomic mass is 10.1. The van der Waals surface area contributed by atoms with Gasteiger partial charge in [-0.3, -0.25) is 4.79 Å². The van der Waals surface area contributed by atoms with Crippen LogP contribution in [-0.4, -0.2) is 28.5 Å². The smallest absolute Gasteiger partial charge is 0.245 e. The zero-order valence-electron chi connectivity index (χ0n) is 9.14. The van der Waals surface area contributed by atoms with E-state index in [2.05, 4.69) is 20.6 Å². The highest BCUT2D eigenvalue weighted by molar-refractivity contribution is 6.42. The van der Waals surface area contributed by atoms with Crippen molar-refractivity contribution in [2.75, 3.05) is 12.4 Å². The van der Waals surface area contributed by atoms with E-state index in [1.807, 2.05) is 0 Å². The first-order valence-electron chi connectivity index (χ1n) is 4.55. The first kappa shape index (κ1) is 13.2. The minimum absolute atomic E-state index is 0.106. The van der Waals surface area contributed by atoms with Crippen LogP contribution in [0.2, 0.25) is 10.2 Å². The SMILES string of the molecule is CNC(C)(C)C(=O)Nc1ncnc(Cl)c1Cl. The molecule has 0 saturated carbocycles. The first-order valence-corrected chi connectivity index (χ1v) is 5.30. The molecule has 0 unspecified atom stereocenters. The van der Waals surface area contributed by atoms with E-state index in [0.29, 0.717) is 0 Å². The summed E-state index contributed by atoms with van der Waals surface area (Å²) < 4.78 is 0. The van der Waals surface area contributed by atoms with Crippen LogP contribution in [0.25, 0.3) is 0 Å². The van der Waals surface area contributed by atoms with Crippen LogP contribution in [0.1, 0.15) is 13.8 Å². The number of nitrogens with one attached hydrogen (secondary N) is 2. The molecule has 1 heterocycles. The second-order valence-corrected chi connectivity index (χ2v) is 4.39. The molecule has 1 aromatic heterocycles. The van der Waals surface area contributed by atoms with Crippen LogP contribution in [0.5, 0.6) is 0 Å². The Hall–Kier alpha value is -0.910. The average Bonchev–Trinajstić information content (AvgIpc) is 2.24. The van der Waals surface area contributed by atoms with Crippen LogP contribution < -0.4 is 10.6 Å². The van der Waals surface area contributed by atoms with Gasteiger partial charge < -0.3 is 10.6 Å². The van der Waals surface area contributed by atoms with E-state index >= 15 is 0 Å². The molecule has 0 aromatic carbocycles. The summed E-state index contributed by atoms with van der Waals surface area (Å²) >= 11 is 11.5. The zero-order chi connectivity index (χ0) is 12.3. The molecular formula is C9H12Cl2N4O. The number of likely N-dealkylation sites (N-methyl/N-ethyl adjacent to an activating group) is 1. The van der Waals surface area contributed by atoms with Crippen molar-refractivity contribution in [2.45, 2.75) is 19.4 Å². The van der Waals surface area contributed by atoms with Gasteiger partial charge in [-0.05, 0) is 20.9 Å². The van der Waals surface area contributed by atoms with Gasteiger partial charge in [0.2, 0.25) is 5.91 Å². The lowest BCUT2D eigenvalue weighted by molar-refractivity contribution is -0.121. The van der Waals surface area contributed by atoms with Gasteiger partial charge >= 0.3 is 0 Å². The molecule has 5 nitrogen and oxygen atoms in total. The number of halogens is 2. The Morgan fingerprint density at radius 3 is 2.56 bits per heavy atom. The Morgan fingerprint density at radius 2 is 2.00 bits per heavy atom. The van der Waals surface area contributed by atoms with Crippen molar-refractivity contribution in [3.63, 3.8) is 0 Å². The number of carbonyl (C=O) groups excluding carboxylic acids is 1. The number of amides is 1. The minimum atomic E-state index is -0.721. The zero-order valence-corrected chi connectivity index (χ0v) is 10.6. The normalized spacial score (nSPS) is 11.3. The fraction of sp³-hybridized carbons (Fsp3) is 0.444. The third-order valence-electron chi connectivity index (χ3n) is 2.17. The van der Waals surface area contributed by atoms with E-state index < -0.39 is 5.54 Å². The van der Waals surface area contributed by atoms with Crippen molar-refractivity contribution in [1.29, 1.82) is 0 Å². The standard InChI is InChI=1S/C9H12Cl2N4O/c1-9(2,12-3)8(16)15-7-5(10)6(11)13-4-14-7/h4,12H,1-3H3,(H,13,14,15,16). The van der Waals surface area contributed by atoms with Crippen molar-refractivity contribution in [3.05, 3.63) is 16.5 Å². The summed E-state index contributed by atoms with van der Waals surface area (Å²) in [6.45, 7) is 3.47. The number of hydrogen-bond donors (Lipinski definition) is 2. The number of hydrogen-bond acceptors (Lipinski definition) is 4. The van der Waals surface area contributed by atoms with E-state index in [-0.39, 0.29) is 21.9 Å². The fourth-order valence-electron chi connectivity index (χ4n) is 0.813. The van der Waals surface area contributed by atoms with Crippen LogP contribution in [0.4, 0.5) is 5.82 Å². The van der Waals surface area contributed by atoms with E-state index in [9.17, 15) is 4.79 Å². The molecule has 0 spiro atoms. The molecule has 1 aromatic rings. The number of anilines is 1. The van der Waals surface area contributed by atoms with Crippen LogP contribution >= 0.6 is 23.2 Å². The van der Waals surface area contributed by atoms with Gasteiger partial charge in [-0.25, -0.2) is 9.97 Å². The van der Waals surface area contributed by atoms with Crippen molar-refractivity contribution in [2.24, 2.45) is 0 Å². The Labute approximate surface area is 104 Å². The summed E-state index contributed by atoms with van der Waals surface area (Å²) in [6, 6.07) is 0. The summed E-state index contributed by atoms with van der Waals surface area (Å²) in [7, 11) is 1.69. The topological polar surface area (TPSA) is 66.9 Å². The maximum absolute atomic E-state index is 11.8. The first-order chi connectivity index (χ1) is 7.38.